The quantitative estimate of drug-likeness (QED) is 0.818. The van der Waals surface area contributed by atoms with Crippen LogP contribution in [0, 0.1) is 5.92 Å². The number of likely N-dealkylation sites (tertiary alicyclic amines) is 1. The summed E-state index contributed by atoms with van der Waals surface area (Å²) in [6.07, 6.45) is 3.38. The largest absolute Gasteiger partial charge is 0.303 e. The van der Waals surface area contributed by atoms with Crippen LogP contribution in [0.4, 0.5) is 0 Å². The lowest BCUT2D eigenvalue weighted by Crippen LogP contribution is -2.35. The van der Waals surface area contributed by atoms with Crippen molar-refractivity contribution in [1.82, 2.24) is 9.62 Å². The van der Waals surface area contributed by atoms with Crippen LogP contribution >= 0.6 is 0 Å². The molecule has 1 saturated heterocycles. The highest BCUT2D eigenvalue weighted by atomic mass is 32.2. The van der Waals surface area contributed by atoms with Crippen molar-refractivity contribution in [3.8, 4) is 0 Å². The molecule has 2 rings (SSSR count). The summed E-state index contributed by atoms with van der Waals surface area (Å²) in [4.78, 5) is 2.77. The van der Waals surface area contributed by atoms with E-state index in [4.69, 9.17) is 0 Å². The molecular formula is C15H24N2O2S. The minimum atomic E-state index is -3.34. The first-order valence-electron chi connectivity index (χ1n) is 7.35. The maximum Gasteiger partial charge on any atom is 0.240 e. The summed E-state index contributed by atoms with van der Waals surface area (Å²) in [7, 11) is -3.34. The molecule has 0 bridgehead atoms. The number of nitrogens with one attached hydrogen (secondary N) is 1. The van der Waals surface area contributed by atoms with Gasteiger partial charge in [0.25, 0.3) is 0 Å². The maximum atomic E-state index is 12.0. The fourth-order valence-corrected chi connectivity index (χ4v) is 3.57. The molecule has 0 aliphatic carbocycles. The number of sulfonamides is 1. The molecular weight excluding hydrogens is 272 g/mol. The molecule has 1 aliphatic heterocycles. The Morgan fingerprint density at radius 1 is 1.20 bits per heavy atom. The molecule has 0 radical (unpaired) electrons. The van der Waals surface area contributed by atoms with E-state index in [1.54, 1.807) is 24.3 Å². The van der Waals surface area contributed by atoms with Gasteiger partial charge in [-0.15, -0.1) is 0 Å². The van der Waals surface area contributed by atoms with Crippen molar-refractivity contribution in [2.45, 2.75) is 31.1 Å². The van der Waals surface area contributed by atoms with Crippen LogP contribution in [0.2, 0.25) is 0 Å². The van der Waals surface area contributed by atoms with Crippen molar-refractivity contribution >= 4 is 10.0 Å². The third-order valence-corrected chi connectivity index (χ3v) is 5.35. The molecule has 5 heteroatoms. The van der Waals surface area contributed by atoms with Gasteiger partial charge in [-0.2, -0.15) is 0 Å². The van der Waals surface area contributed by atoms with Gasteiger partial charge in [0.15, 0.2) is 0 Å². The van der Waals surface area contributed by atoms with Crippen LogP contribution in [-0.2, 0) is 10.0 Å². The number of benzene rings is 1. The van der Waals surface area contributed by atoms with E-state index in [0.717, 1.165) is 32.0 Å². The minimum Gasteiger partial charge on any atom is -0.303 e. The average molecular weight is 296 g/mol. The molecule has 4 nitrogen and oxygen atoms in total. The predicted octanol–water partition coefficient (Wildman–Crippen LogP) is 2.09. The lowest BCUT2D eigenvalue weighted by Gasteiger charge is -2.30. The van der Waals surface area contributed by atoms with E-state index >= 15 is 0 Å². The van der Waals surface area contributed by atoms with Gasteiger partial charge < -0.3 is 4.90 Å². The summed E-state index contributed by atoms with van der Waals surface area (Å²) in [5.41, 5.74) is 0. The molecule has 1 fully saturated rings. The first-order chi connectivity index (χ1) is 9.58. The van der Waals surface area contributed by atoms with Crippen LogP contribution < -0.4 is 4.72 Å². The zero-order valence-electron chi connectivity index (χ0n) is 12.1. The second-order valence-electron chi connectivity index (χ2n) is 5.59. The molecule has 1 N–H and O–H groups in total. The minimum absolute atomic E-state index is 0.340. The third kappa shape index (κ3) is 4.58. The van der Waals surface area contributed by atoms with Crippen molar-refractivity contribution in [1.29, 1.82) is 0 Å². The average Bonchev–Trinajstić information content (AvgIpc) is 2.46. The number of rotatable bonds is 6. The van der Waals surface area contributed by atoms with Crippen LogP contribution in [0.3, 0.4) is 0 Å². The van der Waals surface area contributed by atoms with Gasteiger partial charge in [-0.3, -0.25) is 0 Å². The molecule has 1 aromatic carbocycles. The van der Waals surface area contributed by atoms with Crippen LogP contribution in [0.1, 0.15) is 26.2 Å². The van der Waals surface area contributed by atoms with Crippen molar-refractivity contribution in [2.24, 2.45) is 5.92 Å². The monoisotopic (exact) mass is 296 g/mol. The summed E-state index contributed by atoms with van der Waals surface area (Å²) in [5, 5.41) is 0. The number of hydrogen-bond acceptors (Lipinski definition) is 3. The van der Waals surface area contributed by atoms with Crippen molar-refractivity contribution in [3.63, 3.8) is 0 Å². The molecule has 1 aliphatic rings. The summed E-state index contributed by atoms with van der Waals surface area (Å²) >= 11 is 0. The normalized spacial score (nSPS) is 18.2. The van der Waals surface area contributed by atoms with Gasteiger partial charge >= 0.3 is 0 Å². The topological polar surface area (TPSA) is 49.4 Å². The maximum absolute atomic E-state index is 12.0. The van der Waals surface area contributed by atoms with Gasteiger partial charge in [-0.1, -0.05) is 25.1 Å². The highest BCUT2D eigenvalue weighted by Gasteiger charge is 2.16. The van der Waals surface area contributed by atoms with Crippen molar-refractivity contribution in [2.75, 3.05) is 26.2 Å². The van der Waals surface area contributed by atoms with Gasteiger partial charge in [0.05, 0.1) is 4.90 Å². The van der Waals surface area contributed by atoms with Crippen LogP contribution in [0.5, 0.6) is 0 Å². The van der Waals surface area contributed by atoms with Gasteiger partial charge in [0.2, 0.25) is 10.0 Å². The van der Waals surface area contributed by atoms with E-state index < -0.39 is 10.0 Å². The van der Waals surface area contributed by atoms with Gasteiger partial charge in [0.1, 0.15) is 0 Å². The van der Waals surface area contributed by atoms with E-state index in [1.807, 2.05) is 6.07 Å². The highest BCUT2D eigenvalue weighted by molar-refractivity contribution is 7.89. The lowest BCUT2D eigenvalue weighted by atomic mass is 9.99. The van der Waals surface area contributed by atoms with Gasteiger partial charge in [-0.05, 0) is 56.9 Å². The molecule has 1 aromatic rings. The third-order valence-electron chi connectivity index (χ3n) is 3.87. The Labute approximate surface area is 122 Å². The van der Waals surface area contributed by atoms with Gasteiger partial charge in [0, 0.05) is 6.54 Å². The first kappa shape index (κ1) is 15.5. The van der Waals surface area contributed by atoms with Crippen LogP contribution in [0.15, 0.2) is 35.2 Å². The zero-order valence-corrected chi connectivity index (χ0v) is 12.9. The zero-order chi connectivity index (χ0) is 14.4. The van der Waals surface area contributed by atoms with Crippen LogP contribution in [-0.4, -0.2) is 39.5 Å². The summed E-state index contributed by atoms with van der Waals surface area (Å²) in [6, 6.07) is 8.53. The summed E-state index contributed by atoms with van der Waals surface area (Å²) in [6.45, 7) is 6.07. The number of piperidine rings is 1. The Hall–Kier alpha value is -0.910. The molecule has 0 unspecified atom stereocenters. The Morgan fingerprint density at radius 2 is 1.85 bits per heavy atom. The molecule has 0 spiro atoms. The van der Waals surface area contributed by atoms with E-state index in [2.05, 4.69) is 16.5 Å². The Kier molecular flexibility index (Phi) is 5.57. The fourth-order valence-electron chi connectivity index (χ4n) is 2.48. The molecule has 0 atom stereocenters. The van der Waals surface area contributed by atoms with E-state index in [9.17, 15) is 8.42 Å². The highest BCUT2D eigenvalue weighted by Crippen LogP contribution is 2.15. The first-order valence-corrected chi connectivity index (χ1v) is 8.83. The second-order valence-corrected chi connectivity index (χ2v) is 7.36. The molecule has 0 aromatic heterocycles. The fraction of sp³-hybridized carbons (Fsp3) is 0.600. The molecule has 112 valence electrons. The molecule has 20 heavy (non-hydrogen) atoms. The van der Waals surface area contributed by atoms with Gasteiger partial charge in [-0.25, -0.2) is 13.1 Å². The summed E-state index contributed by atoms with van der Waals surface area (Å²) < 4.78 is 26.7. The molecule has 1 heterocycles. The Bertz CT molecular complexity index is 494. The second kappa shape index (κ2) is 7.20. The smallest absolute Gasteiger partial charge is 0.240 e. The molecule has 0 saturated carbocycles. The predicted molar refractivity (Wildman–Crippen MR) is 81.1 cm³/mol. The molecule has 0 amide bonds. The SMILES string of the molecule is CC1CCN(CCCNS(=O)(=O)c2ccccc2)CC1. The number of hydrogen-bond donors (Lipinski definition) is 1. The van der Waals surface area contributed by atoms with E-state index in [1.165, 1.54) is 12.8 Å². The van der Waals surface area contributed by atoms with Crippen molar-refractivity contribution in [3.05, 3.63) is 30.3 Å². The summed E-state index contributed by atoms with van der Waals surface area (Å²) in [5.74, 6) is 0.836. The van der Waals surface area contributed by atoms with E-state index in [-0.39, 0.29) is 0 Å². The van der Waals surface area contributed by atoms with Crippen molar-refractivity contribution < 1.29 is 8.42 Å². The Morgan fingerprint density at radius 3 is 2.50 bits per heavy atom. The van der Waals surface area contributed by atoms with E-state index in [0.29, 0.717) is 11.4 Å². The number of nitrogens with zero attached hydrogens (tertiary/aromatic N) is 1. The standard InChI is InChI=1S/C15H24N2O2S/c1-14-8-12-17(13-9-14)11-5-10-16-20(18,19)15-6-3-2-4-7-15/h2-4,6-7,14,16H,5,8-13H2,1H3. The Balaban J connectivity index is 1.71. The lowest BCUT2D eigenvalue weighted by molar-refractivity contribution is 0.191. The van der Waals surface area contributed by atoms with Crippen LogP contribution in [0.25, 0.3) is 0 Å².